The SMILES string of the molecule is Cc1ccc(C#N)cc1NCc1ccc(C2CC2)cc1. The maximum absolute atomic E-state index is 8.95. The van der Waals surface area contributed by atoms with Gasteiger partial charge in [0.25, 0.3) is 0 Å². The van der Waals surface area contributed by atoms with Crippen LogP contribution in [-0.2, 0) is 6.54 Å². The maximum atomic E-state index is 8.95. The number of rotatable bonds is 4. The molecule has 2 aromatic carbocycles. The fraction of sp³-hybridized carbons (Fsp3) is 0.278. The van der Waals surface area contributed by atoms with Crippen molar-refractivity contribution in [3.05, 3.63) is 64.7 Å². The summed E-state index contributed by atoms with van der Waals surface area (Å²) >= 11 is 0. The molecule has 0 saturated heterocycles. The second kappa shape index (κ2) is 5.38. The highest BCUT2D eigenvalue weighted by Crippen LogP contribution is 2.39. The molecule has 1 aliphatic carbocycles. The smallest absolute Gasteiger partial charge is 0.0992 e. The van der Waals surface area contributed by atoms with Crippen molar-refractivity contribution in [3.63, 3.8) is 0 Å². The van der Waals surface area contributed by atoms with Gasteiger partial charge < -0.3 is 5.32 Å². The van der Waals surface area contributed by atoms with E-state index in [1.807, 2.05) is 18.2 Å². The molecule has 0 bridgehead atoms. The molecule has 2 nitrogen and oxygen atoms in total. The molecule has 0 heterocycles. The Kier molecular flexibility index (Phi) is 3.43. The molecule has 1 N–H and O–H groups in total. The summed E-state index contributed by atoms with van der Waals surface area (Å²) in [6.07, 6.45) is 2.69. The summed E-state index contributed by atoms with van der Waals surface area (Å²) in [5.41, 5.74) is 5.64. The molecule has 1 saturated carbocycles. The number of hydrogen-bond donors (Lipinski definition) is 1. The number of nitrogens with zero attached hydrogens (tertiary/aromatic N) is 1. The maximum Gasteiger partial charge on any atom is 0.0992 e. The van der Waals surface area contributed by atoms with Crippen molar-refractivity contribution in [1.29, 1.82) is 5.26 Å². The van der Waals surface area contributed by atoms with Gasteiger partial charge in [-0.2, -0.15) is 5.26 Å². The Balaban J connectivity index is 1.68. The van der Waals surface area contributed by atoms with E-state index in [1.54, 1.807) is 0 Å². The van der Waals surface area contributed by atoms with Gasteiger partial charge in [-0.25, -0.2) is 0 Å². The Morgan fingerprint density at radius 2 is 1.90 bits per heavy atom. The molecule has 1 aliphatic rings. The average molecular weight is 262 g/mol. The van der Waals surface area contributed by atoms with E-state index in [1.165, 1.54) is 29.5 Å². The van der Waals surface area contributed by atoms with Gasteiger partial charge in [0.15, 0.2) is 0 Å². The lowest BCUT2D eigenvalue weighted by Gasteiger charge is -2.10. The van der Waals surface area contributed by atoms with Crippen LogP contribution in [0, 0.1) is 18.3 Å². The third-order valence-electron chi connectivity index (χ3n) is 3.88. The minimum atomic E-state index is 0.696. The van der Waals surface area contributed by atoms with Gasteiger partial charge in [0, 0.05) is 12.2 Å². The van der Waals surface area contributed by atoms with E-state index in [4.69, 9.17) is 5.26 Å². The Labute approximate surface area is 120 Å². The molecule has 100 valence electrons. The first-order valence-corrected chi connectivity index (χ1v) is 7.10. The van der Waals surface area contributed by atoms with Crippen molar-refractivity contribution in [2.45, 2.75) is 32.2 Å². The fourth-order valence-electron chi connectivity index (χ4n) is 2.40. The third-order valence-corrected chi connectivity index (χ3v) is 3.88. The Bertz CT molecular complexity index is 646. The van der Waals surface area contributed by atoms with E-state index in [9.17, 15) is 0 Å². The van der Waals surface area contributed by atoms with Crippen LogP contribution in [0.15, 0.2) is 42.5 Å². The zero-order chi connectivity index (χ0) is 13.9. The summed E-state index contributed by atoms with van der Waals surface area (Å²) in [7, 11) is 0. The standard InChI is InChI=1S/C18H18N2/c1-13-2-3-15(11-19)10-18(13)20-12-14-4-6-16(7-5-14)17-8-9-17/h2-7,10,17,20H,8-9,12H2,1H3. The van der Waals surface area contributed by atoms with Gasteiger partial charge in [-0.15, -0.1) is 0 Å². The van der Waals surface area contributed by atoms with Crippen LogP contribution in [0.2, 0.25) is 0 Å². The van der Waals surface area contributed by atoms with E-state index in [-0.39, 0.29) is 0 Å². The second-order valence-electron chi connectivity index (χ2n) is 5.51. The van der Waals surface area contributed by atoms with Crippen molar-refractivity contribution in [2.24, 2.45) is 0 Å². The van der Waals surface area contributed by atoms with Gasteiger partial charge in [-0.1, -0.05) is 30.3 Å². The topological polar surface area (TPSA) is 35.8 Å². The minimum absolute atomic E-state index is 0.696. The van der Waals surface area contributed by atoms with E-state index in [0.29, 0.717) is 5.56 Å². The number of nitriles is 1. The first-order valence-electron chi connectivity index (χ1n) is 7.10. The molecule has 0 aromatic heterocycles. The first-order chi connectivity index (χ1) is 9.76. The second-order valence-corrected chi connectivity index (χ2v) is 5.51. The number of benzene rings is 2. The Morgan fingerprint density at radius 3 is 2.55 bits per heavy atom. The first kappa shape index (κ1) is 12.7. The molecule has 2 aromatic rings. The normalized spacial score (nSPS) is 13.8. The fourth-order valence-corrected chi connectivity index (χ4v) is 2.40. The molecule has 0 spiro atoms. The van der Waals surface area contributed by atoms with E-state index >= 15 is 0 Å². The molecule has 2 heteroatoms. The van der Waals surface area contributed by atoms with Crippen molar-refractivity contribution in [3.8, 4) is 6.07 Å². The average Bonchev–Trinajstić information content (AvgIpc) is 3.32. The van der Waals surface area contributed by atoms with Crippen LogP contribution < -0.4 is 5.32 Å². The minimum Gasteiger partial charge on any atom is -0.381 e. The summed E-state index contributed by atoms with van der Waals surface area (Å²) in [6, 6.07) is 16.8. The lowest BCUT2D eigenvalue weighted by Crippen LogP contribution is -2.01. The molecule has 0 unspecified atom stereocenters. The molecular weight excluding hydrogens is 244 g/mol. The predicted octanol–water partition coefficient (Wildman–Crippen LogP) is 4.36. The quantitative estimate of drug-likeness (QED) is 0.888. The summed E-state index contributed by atoms with van der Waals surface area (Å²) in [4.78, 5) is 0. The van der Waals surface area contributed by atoms with E-state index in [0.717, 1.165) is 18.2 Å². The zero-order valence-corrected chi connectivity index (χ0v) is 11.7. The van der Waals surface area contributed by atoms with Crippen LogP contribution in [0.4, 0.5) is 5.69 Å². The lowest BCUT2D eigenvalue weighted by atomic mass is 10.1. The number of aryl methyl sites for hydroxylation is 1. The summed E-state index contributed by atoms with van der Waals surface area (Å²) in [5, 5.41) is 12.4. The van der Waals surface area contributed by atoms with Crippen molar-refractivity contribution in [1.82, 2.24) is 0 Å². The molecule has 3 rings (SSSR count). The highest BCUT2D eigenvalue weighted by atomic mass is 14.9. The van der Waals surface area contributed by atoms with Crippen molar-refractivity contribution in [2.75, 3.05) is 5.32 Å². The largest absolute Gasteiger partial charge is 0.381 e. The van der Waals surface area contributed by atoms with Crippen molar-refractivity contribution < 1.29 is 0 Å². The molecule has 20 heavy (non-hydrogen) atoms. The Hall–Kier alpha value is -2.27. The van der Waals surface area contributed by atoms with Crippen LogP contribution in [0.1, 0.15) is 41.0 Å². The lowest BCUT2D eigenvalue weighted by molar-refractivity contribution is 1.10. The Morgan fingerprint density at radius 1 is 1.15 bits per heavy atom. The van der Waals surface area contributed by atoms with Crippen LogP contribution in [0.5, 0.6) is 0 Å². The van der Waals surface area contributed by atoms with Gasteiger partial charge in [-0.05, 0) is 54.5 Å². The number of anilines is 1. The highest BCUT2D eigenvalue weighted by Gasteiger charge is 2.22. The number of nitrogens with one attached hydrogen (secondary N) is 1. The van der Waals surface area contributed by atoms with Gasteiger partial charge in [0.2, 0.25) is 0 Å². The molecule has 0 radical (unpaired) electrons. The summed E-state index contributed by atoms with van der Waals surface area (Å²) in [6.45, 7) is 2.85. The molecule has 0 aliphatic heterocycles. The van der Waals surface area contributed by atoms with Gasteiger partial charge in [0.05, 0.1) is 11.6 Å². The van der Waals surface area contributed by atoms with Crippen LogP contribution in [0.25, 0.3) is 0 Å². The van der Waals surface area contributed by atoms with Crippen LogP contribution in [0.3, 0.4) is 0 Å². The molecular formula is C18H18N2. The predicted molar refractivity (Wildman–Crippen MR) is 81.6 cm³/mol. The van der Waals surface area contributed by atoms with E-state index in [2.05, 4.69) is 42.6 Å². The van der Waals surface area contributed by atoms with Crippen LogP contribution >= 0.6 is 0 Å². The van der Waals surface area contributed by atoms with Gasteiger partial charge in [-0.3, -0.25) is 0 Å². The number of hydrogen-bond acceptors (Lipinski definition) is 2. The zero-order valence-electron chi connectivity index (χ0n) is 11.7. The third kappa shape index (κ3) is 2.83. The highest BCUT2D eigenvalue weighted by molar-refractivity contribution is 5.55. The summed E-state index contributed by atoms with van der Waals surface area (Å²) in [5.74, 6) is 0.812. The van der Waals surface area contributed by atoms with Gasteiger partial charge in [0.1, 0.15) is 0 Å². The van der Waals surface area contributed by atoms with Crippen LogP contribution in [-0.4, -0.2) is 0 Å². The monoisotopic (exact) mass is 262 g/mol. The van der Waals surface area contributed by atoms with Crippen molar-refractivity contribution >= 4 is 5.69 Å². The molecule has 0 amide bonds. The van der Waals surface area contributed by atoms with Gasteiger partial charge >= 0.3 is 0 Å². The summed E-state index contributed by atoms with van der Waals surface area (Å²) < 4.78 is 0. The molecule has 1 fully saturated rings. The van der Waals surface area contributed by atoms with E-state index < -0.39 is 0 Å². The molecule has 0 atom stereocenters.